The van der Waals surface area contributed by atoms with Crippen LogP contribution in [0.3, 0.4) is 0 Å². The van der Waals surface area contributed by atoms with Gasteiger partial charge >= 0.3 is 12.1 Å². The Labute approximate surface area is 243 Å². The molecule has 42 heavy (non-hydrogen) atoms. The van der Waals surface area contributed by atoms with Gasteiger partial charge in [-0.05, 0) is 46.8 Å². The van der Waals surface area contributed by atoms with Gasteiger partial charge in [0.05, 0.1) is 0 Å². The zero-order valence-electron chi connectivity index (χ0n) is 23.9. The molecule has 2 aromatic carbocycles. The number of carbonyl (C=O) groups is 1. The van der Waals surface area contributed by atoms with E-state index in [0.29, 0.717) is 31.9 Å². The molecule has 1 spiro atoms. The van der Waals surface area contributed by atoms with E-state index in [1.165, 1.54) is 23.8 Å². The van der Waals surface area contributed by atoms with Crippen molar-refractivity contribution in [3.63, 3.8) is 0 Å². The number of aliphatic carboxylic acids is 1. The number of halogens is 3. The lowest BCUT2D eigenvalue weighted by atomic mass is 9.76. The molecule has 3 aromatic rings. The minimum Gasteiger partial charge on any atom is -0.480 e. The lowest BCUT2D eigenvalue weighted by Gasteiger charge is -2.39. The van der Waals surface area contributed by atoms with Crippen LogP contribution in [0.5, 0.6) is 5.88 Å². The number of rotatable bonds is 6. The summed E-state index contributed by atoms with van der Waals surface area (Å²) in [6.45, 7) is 8.10. The smallest absolute Gasteiger partial charge is 0.429 e. The van der Waals surface area contributed by atoms with E-state index in [2.05, 4.69) is 36.1 Å². The van der Waals surface area contributed by atoms with Gasteiger partial charge in [-0.25, -0.2) is 0 Å². The monoisotopic (exact) mass is 583 g/mol. The van der Waals surface area contributed by atoms with E-state index in [1.54, 1.807) is 12.1 Å². The van der Waals surface area contributed by atoms with Crippen LogP contribution in [0.1, 0.15) is 57.3 Å². The fraction of sp³-hybridized carbons (Fsp3) is 0.452. The van der Waals surface area contributed by atoms with Crippen LogP contribution in [-0.2, 0) is 10.2 Å². The topological polar surface area (TPSA) is 114 Å². The number of piperidine rings is 1. The largest absolute Gasteiger partial charge is 0.480 e. The summed E-state index contributed by atoms with van der Waals surface area (Å²) in [6.07, 6.45) is -4.96. The Morgan fingerprint density at radius 2 is 1.64 bits per heavy atom. The van der Waals surface area contributed by atoms with Gasteiger partial charge in [0.15, 0.2) is 0 Å². The fourth-order valence-electron chi connectivity index (χ4n) is 5.79. The lowest BCUT2D eigenvalue weighted by Crippen LogP contribution is -2.41. The number of anilines is 2. The molecule has 2 atom stereocenters. The van der Waals surface area contributed by atoms with Crippen LogP contribution in [0.2, 0.25) is 0 Å². The highest BCUT2D eigenvalue weighted by Crippen LogP contribution is 2.41. The van der Waals surface area contributed by atoms with Crippen molar-refractivity contribution in [2.75, 3.05) is 30.3 Å². The van der Waals surface area contributed by atoms with E-state index < -0.39 is 24.3 Å². The number of carboxylic acids is 1. The SMILES string of the molecule is CC(C)(C)c1ccc(-c2ccc([C@@H](Oc3cc(N4CCC5(CC4)CN[C@H](C(=O)O)C5)nc(N)n3)C(F)(F)F)cc2)cc1. The van der Waals surface area contributed by atoms with Crippen LogP contribution in [0.25, 0.3) is 11.1 Å². The van der Waals surface area contributed by atoms with Gasteiger partial charge in [0.1, 0.15) is 11.9 Å². The number of nitrogen functional groups attached to an aromatic ring is 1. The molecule has 4 N–H and O–H groups in total. The predicted octanol–water partition coefficient (Wildman–Crippen LogP) is 5.74. The maximum absolute atomic E-state index is 14.2. The number of alkyl halides is 3. The van der Waals surface area contributed by atoms with Gasteiger partial charge in [-0.15, -0.1) is 0 Å². The molecule has 1 aromatic heterocycles. The summed E-state index contributed by atoms with van der Waals surface area (Å²) < 4.78 is 48.1. The first-order valence-corrected chi connectivity index (χ1v) is 14.0. The molecule has 0 amide bonds. The average molecular weight is 584 g/mol. The molecule has 3 heterocycles. The van der Waals surface area contributed by atoms with Crippen molar-refractivity contribution < 1.29 is 27.8 Å². The van der Waals surface area contributed by atoms with Crippen LogP contribution in [-0.4, -0.2) is 52.9 Å². The van der Waals surface area contributed by atoms with Gasteiger partial charge in [-0.2, -0.15) is 23.1 Å². The Bertz CT molecular complexity index is 1410. The molecule has 224 valence electrons. The molecule has 8 nitrogen and oxygen atoms in total. The van der Waals surface area contributed by atoms with Crippen molar-refractivity contribution in [2.24, 2.45) is 5.41 Å². The molecule has 2 saturated heterocycles. The highest BCUT2D eigenvalue weighted by atomic mass is 19.4. The van der Waals surface area contributed by atoms with Gasteiger partial charge in [-0.1, -0.05) is 69.3 Å². The van der Waals surface area contributed by atoms with E-state index in [9.17, 15) is 23.1 Å². The molecule has 0 unspecified atom stereocenters. The predicted molar refractivity (Wildman–Crippen MR) is 154 cm³/mol. The third kappa shape index (κ3) is 6.46. The molecule has 2 aliphatic heterocycles. The second-order valence-electron chi connectivity index (χ2n) is 12.4. The van der Waals surface area contributed by atoms with Crippen molar-refractivity contribution in [1.29, 1.82) is 0 Å². The molecule has 2 aliphatic rings. The molecule has 5 rings (SSSR count). The van der Waals surface area contributed by atoms with Crippen LogP contribution in [0.4, 0.5) is 24.9 Å². The Morgan fingerprint density at radius 3 is 2.17 bits per heavy atom. The van der Waals surface area contributed by atoms with Gasteiger partial charge in [0.2, 0.25) is 17.9 Å². The van der Waals surface area contributed by atoms with E-state index in [1.807, 2.05) is 29.2 Å². The van der Waals surface area contributed by atoms with Gasteiger partial charge in [0.25, 0.3) is 0 Å². The highest BCUT2D eigenvalue weighted by Gasteiger charge is 2.45. The van der Waals surface area contributed by atoms with E-state index in [-0.39, 0.29) is 28.2 Å². The van der Waals surface area contributed by atoms with E-state index in [4.69, 9.17) is 10.5 Å². The maximum atomic E-state index is 14.2. The van der Waals surface area contributed by atoms with Gasteiger partial charge < -0.3 is 25.8 Å². The molecule has 11 heteroatoms. The third-order valence-corrected chi connectivity index (χ3v) is 8.35. The van der Waals surface area contributed by atoms with Crippen molar-refractivity contribution in [3.05, 3.63) is 65.7 Å². The minimum absolute atomic E-state index is 0.000883. The second-order valence-corrected chi connectivity index (χ2v) is 12.4. The molecular weight excluding hydrogens is 547 g/mol. The summed E-state index contributed by atoms with van der Waals surface area (Å²) in [5.74, 6) is -0.937. The Morgan fingerprint density at radius 1 is 1.05 bits per heavy atom. The quantitative estimate of drug-likeness (QED) is 0.337. The zero-order chi connectivity index (χ0) is 30.3. The van der Waals surface area contributed by atoms with Crippen LogP contribution in [0.15, 0.2) is 54.6 Å². The lowest BCUT2D eigenvalue weighted by molar-refractivity contribution is -0.198. The van der Waals surface area contributed by atoms with Crippen LogP contribution in [0, 0.1) is 5.41 Å². The Hall–Kier alpha value is -3.86. The first-order chi connectivity index (χ1) is 19.7. The number of carboxylic acid groups (broad SMARTS) is 1. The van der Waals surface area contributed by atoms with Crippen molar-refractivity contribution in [1.82, 2.24) is 15.3 Å². The number of nitrogens with zero attached hydrogens (tertiary/aromatic N) is 3. The number of hydrogen-bond donors (Lipinski definition) is 3. The molecule has 0 radical (unpaired) electrons. The molecular formula is C31H36F3N5O3. The van der Waals surface area contributed by atoms with Gasteiger partial charge in [0, 0.05) is 31.3 Å². The standard InChI is InChI=1S/C31H36F3N5O3/c1-29(2,3)22-10-8-20(9-11-22)19-4-6-21(7-5-19)26(31(32,33)34)42-25-16-24(37-28(35)38-25)39-14-12-30(13-15-39)17-23(27(40)41)36-18-30/h4-11,16,23,26,36H,12-15,17-18H2,1-3H3,(H,40,41)(H2,35,37,38)/t23-,26+/m0/s1. The van der Waals surface area contributed by atoms with Crippen molar-refractivity contribution in [3.8, 4) is 17.0 Å². The fourth-order valence-corrected chi connectivity index (χ4v) is 5.79. The van der Waals surface area contributed by atoms with E-state index in [0.717, 1.165) is 24.0 Å². The van der Waals surface area contributed by atoms with Crippen molar-refractivity contribution in [2.45, 2.75) is 63.8 Å². The highest BCUT2D eigenvalue weighted by molar-refractivity contribution is 5.74. The number of nitrogens with one attached hydrogen (secondary N) is 1. The third-order valence-electron chi connectivity index (χ3n) is 8.35. The van der Waals surface area contributed by atoms with Crippen LogP contribution >= 0.6 is 0 Å². The number of aromatic nitrogens is 2. The molecule has 2 fully saturated rings. The van der Waals surface area contributed by atoms with Crippen LogP contribution < -0.4 is 20.7 Å². The Balaban J connectivity index is 1.31. The minimum atomic E-state index is -4.70. The number of ether oxygens (including phenoxy) is 1. The maximum Gasteiger partial charge on any atom is 0.429 e. The molecule has 0 aliphatic carbocycles. The summed E-state index contributed by atoms with van der Waals surface area (Å²) in [7, 11) is 0. The Kier molecular flexibility index (Phi) is 7.82. The normalized spacial score (nSPS) is 19.6. The van der Waals surface area contributed by atoms with Gasteiger partial charge in [-0.3, -0.25) is 4.79 Å². The summed E-state index contributed by atoms with van der Waals surface area (Å²) in [5.41, 5.74) is 8.58. The first-order valence-electron chi connectivity index (χ1n) is 14.0. The first kappa shape index (κ1) is 29.6. The second kappa shape index (κ2) is 11.1. The number of nitrogens with two attached hydrogens (primary N) is 1. The number of benzene rings is 2. The van der Waals surface area contributed by atoms with E-state index >= 15 is 0 Å². The molecule has 0 bridgehead atoms. The summed E-state index contributed by atoms with van der Waals surface area (Å²) in [6, 6.07) is 15.0. The summed E-state index contributed by atoms with van der Waals surface area (Å²) >= 11 is 0. The summed E-state index contributed by atoms with van der Waals surface area (Å²) in [5, 5.41) is 12.4. The summed E-state index contributed by atoms with van der Waals surface area (Å²) in [4.78, 5) is 21.5. The average Bonchev–Trinajstić information content (AvgIpc) is 3.35. The number of hydrogen-bond acceptors (Lipinski definition) is 7. The zero-order valence-corrected chi connectivity index (χ0v) is 23.9. The van der Waals surface area contributed by atoms with Crippen molar-refractivity contribution >= 4 is 17.7 Å². The molecule has 0 saturated carbocycles.